The number of rotatable bonds is 3. The highest BCUT2D eigenvalue weighted by Crippen LogP contribution is 2.34. The topological polar surface area (TPSA) is 75.1 Å². The van der Waals surface area contributed by atoms with E-state index in [4.69, 9.17) is 0 Å². The molecule has 1 aliphatic rings. The monoisotopic (exact) mass is 337 g/mol. The van der Waals surface area contributed by atoms with Crippen molar-refractivity contribution in [3.8, 4) is 0 Å². The first-order valence-corrected chi connectivity index (χ1v) is 8.33. The average molecular weight is 337 g/mol. The van der Waals surface area contributed by atoms with E-state index >= 15 is 0 Å². The number of fused-ring (bicyclic) bond motifs is 1. The van der Waals surface area contributed by atoms with Crippen molar-refractivity contribution in [3.05, 3.63) is 59.1 Å². The van der Waals surface area contributed by atoms with Crippen LogP contribution in [0.25, 0.3) is 6.08 Å². The van der Waals surface area contributed by atoms with Crippen LogP contribution < -0.4 is 5.32 Å². The fraction of sp³-hybridized carbons (Fsp3) is 0.350. The molecule has 0 spiro atoms. The molecule has 0 fully saturated rings. The number of nitrogens with zero attached hydrogens (tertiary/aromatic N) is 2. The molecule has 5 heteroatoms. The Hall–Kier alpha value is -2.69. The van der Waals surface area contributed by atoms with Crippen LogP contribution in [0.2, 0.25) is 0 Å². The number of pyridine rings is 2. The van der Waals surface area contributed by atoms with Crippen molar-refractivity contribution in [1.82, 2.24) is 9.97 Å². The van der Waals surface area contributed by atoms with Gasteiger partial charge in [0.05, 0.1) is 11.1 Å². The van der Waals surface area contributed by atoms with Crippen molar-refractivity contribution in [1.29, 1.82) is 0 Å². The highest BCUT2D eigenvalue weighted by atomic mass is 16.4. The number of anilines is 1. The lowest BCUT2D eigenvalue weighted by Crippen LogP contribution is -2.44. The minimum absolute atomic E-state index is 0.0134. The number of carbonyl (C=O) groups is 1. The number of carboxylic acid groups (broad SMARTS) is 1. The molecule has 2 aromatic rings. The molecule has 0 saturated heterocycles. The molecule has 1 aliphatic heterocycles. The van der Waals surface area contributed by atoms with E-state index < -0.39 is 11.5 Å². The molecule has 1 atom stereocenters. The van der Waals surface area contributed by atoms with Gasteiger partial charge in [-0.2, -0.15) is 0 Å². The largest absolute Gasteiger partial charge is 0.478 e. The molecular weight excluding hydrogens is 314 g/mol. The first-order valence-electron chi connectivity index (χ1n) is 8.33. The van der Waals surface area contributed by atoms with Gasteiger partial charge in [0.1, 0.15) is 5.82 Å². The molecule has 130 valence electrons. The first-order chi connectivity index (χ1) is 11.7. The second-order valence-corrected chi connectivity index (χ2v) is 7.74. The average Bonchev–Trinajstić information content (AvgIpc) is 2.53. The molecule has 5 nitrogen and oxygen atoms in total. The standard InChI is InChI=1S/C20H23N3O2/c1-19(2,3)16-8-7-13(12-22-16)11-20(4)15(18(24)25)10-14-6-5-9-21-17(14)23-20/h5-10,12H,11H2,1-4H3,(H,21,23)(H,24,25). The summed E-state index contributed by atoms with van der Waals surface area (Å²) in [6.07, 6.45) is 5.75. The van der Waals surface area contributed by atoms with Crippen LogP contribution in [0, 0.1) is 0 Å². The molecule has 0 saturated carbocycles. The summed E-state index contributed by atoms with van der Waals surface area (Å²) in [5.74, 6) is -0.224. The maximum absolute atomic E-state index is 11.8. The van der Waals surface area contributed by atoms with Crippen molar-refractivity contribution >= 4 is 17.9 Å². The normalized spacial score (nSPS) is 19.6. The van der Waals surface area contributed by atoms with E-state index in [1.165, 1.54) is 0 Å². The van der Waals surface area contributed by atoms with Gasteiger partial charge in [0, 0.05) is 35.5 Å². The summed E-state index contributed by atoms with van der Waals surface area (Å²) in [6, 6.07) is 7.69. The van der Waals surface area contributed by atoms with Crippen LogP contribution in [0.15, 0.2) is 42.2 Å². The molecule has 2 aromatic heterocycles. The third-order valence-electron chi connectivity index (χ3n) is 4.51. The summed E-state index contributed by atoms with van der Waals surface area (Å²) >= 11 is 0. The smallest absolute Gasteiger partial charge is 0.333 e. The highest BCUT2D eigenvalue weighted by Gasteiger charge is 2.37. The Balaban J connectivity index is 1.94. The SMILES string of the molecule is CC1(Cc2ccc(C(C)(C)C)nc2)Nc2ncccc2C=C1C(=O)O. The summed E-state index contributed by atoms with van der Waals surface area (Å²) in [5, 5.41) is 13.0. The lowest BCUT2D eigenvalue weighted by molar-refractivity contribution is -0.133. The van der Waals surface area contributed by atoms with Gasteiger partial charge in [-0.1, -0.05) is 26.8 Å². The third kappa shape index (κ3) is 3.40. The van der Waals surface area contributed by atoms with Gasteiger partial charge in [0.15, 0.2) is 0 Å². The Bertz CT molecular complexity index is 835. The van der Waals surface area contributed by atoms with Crippen molar-refractivity contribution in [3.63, 3.8) is 0 Å². The van der Waals surface area contributed by atoms with Gasteiger partial charge in [0.25, 0.3) is 0 Å². The van der Waals surface area contributed by atoms with Crippen LogP contribution in [-0.4, -0.2) is 26.6 Å². The zero-order valence-electron chi connectivity index (χ0n) is 15.0. The molecular formula is C20H23N3O2. The van der Waals surface area contributed by atoms with Crippen molar-refractivity contribution in [2.24, 2.45) is 0 Å². The Kier molecular flexibility index (Phi) is 4.11. The van der Waals surface area contributed by atoms with Gasteiger partial charge in [0.2, 0.25) is 0 Å². The third-order valence-corrected chi connectivity index (χ3v) is 4.51. The summed E-state index contributed by atoms with van der Waals surface area (Å²) in [6.45, 7) is 8.24. The van der Waals surface area contributed by atoms with Crippen molar-refractivity contribution < 1.29 is 9.90 Å². The van der Waals surface area contributed by atoms with E-state index in [1.807, 2.05) is 31.3 Å². The number of aromatic nitrogens is 2. The molecule has 25 heavy (non-hydrogen) atoms. The minimum atomic E-state index is -0.927. The van der Waals surface area contributed by atoms with Gasteiger partial charge in [-0.3, -0.25) is 4.98 Å². The van der Waals surface area contributed by atoms with Crippen LogP contribution in [0.4, 0.5) is 5.82 Å². The van der Waals surface area contributed by atoms with Crippen molar-refractivity contribution in [2.45, 2.75) is 45.1 Å². The van der Waals surface area contributed by atoms with Crippen molar-refractivity contribution in [2.75, 3.05) is 5.32 Å². The zero-order chi connectivity index (χ0) is 18.2. The van der Waals surface area contributed by atoms with Crippen LogP contribution in [-0.2, 0) is 16.6 Å². The van der Waals surface area contributed by atoms with Gasteiger partial charge in [-0.25, -0.2) is 9.78 Å². The number of nitrogens with one attached hydrogen (secondary N) is 1. The lowest BCUT2D eigenvalue weighted by atomic mass is 9.82. The molecule has 0 aliphatic carbocycles. The van der Waals surface area contributed by atoms with Gasteiger partial charge < -0.3 is 10.4 Å². The summed E-state index contributed by atoms with van der Waals surface area (Å²) in [7, 11) is 0. The van der Waals surface area contributed by atoms with Crippen LogP contribution in [0.1, 0.15) is 44.5 Å². The fourth-order valence-electron chi connectivity index (χ4n) is 3.10. The summed E-state index contributed by atoms with van der Waals surface area (Å²) in [4.78, 5) is 20.7. The summed E-state index contributed by atoms with van der Waals surface area (Å²) < 4.78 is 0. The molecule has 1 unspecified atom stereocenters. The van der Waals surface area contributed by atoms with Crippen LogP contribution in [0.5, 0.6) is 0 Å². The molecule has 0 bridgehead atoms. The molecule has 3 heterocycles. The molecule has 2 N–H and O–H groups in total. The minimum Gasteiger partial charge on any atom is -0.478 e. The van der Waals surface area contributed by atoms with E-state index in [-0.39, 0.29) is 5.41 Å². The van der Waals surface area contributed by atoms with Gasteiger partial charge in [-0.05, 0) is 36.8 Å². The Morgan fingerprint density at radius 1 is 1.24 bits per heavy atom. The molecule has 0 radical (unpaired) electrons. The number of hydrogen-bond acceptors (Lipinski definition) is 4. The van der Waals surface area contributed by atoms with E-state index in [2.05, 4.69) is 36.1 Å². The molecule has 0 aromatic carbocycles. The maximum atomic E-state index is 11.8. The molecule has 0 amide bonds. The Labute approximate surface area is 147 Å². The zero-order valence-corrected chi connectivity index (χ0v) is 15.0. The fourth-order valence-corrected chi connectivity index (χ4v) is 3.10. The van der Waals surface area contributed by atoms with Crippen LogP contribution >= 0.6 is 0 Å². The predicted octanol–water partition coefficient (Wildman–Crippen LogP) is 3.67. The van der Waals surface area contributed by atoms with E-state index in [9.17, 15) is 9.90 Å². The number of carboxylic acids is 1. The van der Waals surface area contributed by atoms with E-state index in [1.54, 1.807) is 18.3 Å². The number of hydrogen-bond donors (Lipinski definition) is 2. The molecule has 3 rings (SSSR count). The Morgan fingerprint density at radius 3 is 2.60 bits per heavy atom. The second kappa shape index (κ2) is 5.99. The van der Waals surface area contributed by atoms with Gasteiger partial charge in [-0.15, -0.1) is 0 Å². The number of aliphatic carboxylic acids is 1. The van der Waals surface area contributed by atoms with Gasteiger partial charge >= 0.3 is 5.97 Å². The first kappa shape index (κ1) is 17.1. The Morgan fingerprint density at radius 2 is 2.00 bits per heavy atom. The van der Waals surface area contributed by atoms with E-state index in [0.717, 1.165) is 16.8 Å². The highest BCUT2D eigenvalue weighted by molar-refractivity contribution is 5.98. The van der Waals surface area contributed by atoms with E-state index in [0.29, 0.717) is 17.8 Å². The van der Waals surface area contributed by atoms with Crippen LogP contribution in [0.3, 0.4) is 0 Å². The maximum Gasteiger partial charge on any atom is 0.333 e. The summed E-state index contributed by atoms with van der Waals surface area (Å²) in [5.41, 5.74) is 2.35. The quantitative estimate of drug-likeness (QED) is 0.894. The predicted molar refractivity (Wildman–Crippen MR) is 98.5 cm³/mol. The lowest BCUT2D eigenvalue weighted by Gasteiger charge is -2.36. The second-order valence-electron chi connectivity index (χ2n) is 7.74.